The molecule has 2 aromatic rings. The number of anilines is 1. The summed E-state index contributed by atoms with van der Waals surface area (Å²) in [6.07, 6.45) is 4.37. The van der Waals surface area contributed by atoms with Crippen LogP contribution in [0, 0.1) is 23.6 Å². The number of nitrogens with two attached hydrogens (primary N) is 1. The highest BCUT2D eigenvalue weighted by molar-refractivity contribution is 7.92. The van der Waals surface area contributed by atoms with Crippen molar-refractivity contribution in [2.45, 2.75) is 66.6 Å². The molecule has 3 N–H and O–H groups in total. The second kappa shape index (κ2) is 15.4. The van der Waals surface area contributed by atoms with E-state index in [1.54, 1.807) is 24.3 Å². The number of ether oxygens (including phenoxy) is 2. The number of carbonyl (C=O) groups excluding carboxylic acids is 2. The summed E-state index contributed by atoms with van der Waals surface area (Å²) in [6, 6.07) is 14.1. The third-order valence-electron chi connectivity index (χ3n) is 12.1. The number of carbonyl (C=O) groups is 2. The van der Waals surface area contributed by atoms with Gasteiger partial charge in [0.05, 0.1) is 29.9 Å². The lowest BCUT2D eigenvalue weighted by Crippen LogP contribution is -2.58. The molecule has 2 aliphatic carbocycles. The number of morpholine rings is 1. The zero-order valence-electron chi connectivity index (χ0n) is 29.4. The Hall–Kier alpha value is -3.26. The molecule has 3 saturated heterocycles. The average molecular weight is 726 g/mol. The number of rotatable bonds is 13. The van der Waals surface area contributed by atoms with E-state index in [-0.39, 0.29) is 35.4 Å². The normalized spacial score (nSPS) is 25.2. The highest BCUT2D eigenvalue weighted by atomic mass is 32.2. The molecule has 5 fully saturated rings. The van der Waals surface area contributed by atoms with Crippen molar-refractivity contribution in [1.82, 2.24) is 15.1 Å². The van der Waals surface area contributed by atoms with Crippen LogP contribution in [0.15, 0.2) is 53.4 Å². The number of halogens is 1. The van der Waals surface area contributed by atoms with E-state index in [1.165, 1.54) is 6.07 Å². The molecule has 11 nitrogen and oxygen atoms in total. The first kappa shape index (κ1) is 36.1. The third kappa shape index (κ3) is 8.06. The molecule has 0 unspecified atom stereocenters. The van der Waals surface area contributed by atoms with Gasteiger partial charge < -0.3 is 30.3 Å². The Labute approximate surface area is 300 Å². The SMILES string of the molecule is NC(=O)O[C@H]1CCC[C@@H]1[C@](CNC(=O)CN1CCOCC1)(c1cccc(F)c1)C1CCN(CC2CN(c3ccc(S(=O)(=O)C4CC4)cc3)C2)CC1. The monoisotopic (exact) mass is 725 g/mol. The van der Waals surface area contributed by atoms with Crippen LogP contribution in [0.4, 0.5) is 14.9 Å². The molecule has 3 atom stereocenters. The number of piperidine rings is 1. The van der Waals surface area contributed by atoms with Gasteiger partial charge >= 0.3 is 6.09 Å². The molecular formula is C38H52FN5O6S. The lowest BCUT2D eigenvalue weighted by Gasteiger charge is -2.51. The lowest BCUT2D eigenvalue weighted by atomic mass is 9.58. The maximum absolute atomic E-state index is 15.0. The molecule has 13 heteroatoms. The number of benzene rings is 2. The van der Waals surface area contributed by atoms with Gasteiger partial charge in [-0.15, -0.1) is 0 Å². The fourth-order valence-corrected chi connectivity index (χ4v) is 10.9. The fourth-order valence-electron chi connectivity index (χ4n) is 9.29. The maximum atomic E-state index is 15.0. The molecule has 51 heavy (non-hydrogen) atoms. The summed E-state index contributed by atoms with van der Waals surface area (Å²) < 4.78 is 51.4. The van der Waals surface area contributed by atoms with E-state index in [0.29, 0.717) is 50.1 Å². The summed E-state index contributed by atoms with van der Waals surface area (Å²) >= 11 is 0. The van der Waals surface area contributed by atoms with Crippen LogP contribution < -0.4 is 16.0 Å². The predicted molar refractivity (Wildman–Crippen MR) is 192 cm³/mol. The zero-order valence-corrected chi connectivity index (χ0v) is 30.2. The summed E-state index contributed by atoms with van der Waals surface area (Å²) in [4.78, 5) is 32.8. The van der Waals surface area contributed by atoms with Gasteiger partial charge in [-0.05, 0) is 106 Å². The number of nitrogens with one attached hydrogen (secondary N) is 1. The number of amides is 2. The van der Waals surface area contributed by atoms with E-state index in [2.05, 4.69) is 20.0 Å². The average Bonchev–Trinajstić information content (AvgIpc) is 3.88. The first-order chi connectivity index (χ1) is 24.6. The Morgan fingerprint density at radius 2 is 1.67 bits per heavy atom. The van der Waals surface area contributed by atoms with Crippen molar-refractivity contribution in [3.05, 3.63) is 59.9 Å². The minimum atomic E-state index is -3.19. The van der Waals surface area contributed by atoms with Crippen LogP contribution in [0.1, 0.15) is 50.5 Å². The van der Waals surface area contributed by atoms with Gasteiger partial charge in [0.25, 0.3) is 0 Å². The van der Waals surface area contributed by atoms with Gasteiger partial charge in [0.2, 0.25) is 5.91 Å². The number of sulfone groups is 1. The van der Waals surface area contributed by atoms with Crippen LogP contribution in [0.2, 0.25) is 0 Å². The standard InChI is InChI=1S/C38H52FN5O6S/c39-30-4-1-3-29(21-30)38(34-5-2-6-35(34)50-37(40)46,26-41-36(45)25-43-17-19-49-20-18-43)28-13-15-42(16-14-28)22-27-23-44(24-27)31-7-9-32(10-8-31)51(47,48)33-11-12-33/h1,3-4,7-10,21,27-28,33-35H,2,5-6,11-20,22-26H2,(H2,40,46)(H,41,45)/t34-,35-,38-/m0/s1. The largest absolute Gasteiger partial charge is 0.446 e. The van der Waals surface area contributed by atoms with Gasteiger partial charge in [0, 0.05) is 62.2 Å². The molecule has 2 amide bonds. The Balaban J connectivity index is 1.03. The second-order valence-corrected chi connectivity index (χ2v) is 17.5. The van der Waals surface area contributed by atoms with Crippen LogP contribution >= 0.6 is 0 Å². The summed E-state index contributed by atoms with van der Waals surface area (Å²) in [6.45, 7) is 7.78. The van der Waals surface area contributed by atoms with Gasteiger partial charge in [0.15, 0.2) is 9.84 Å². The minimum Gasteiger partial charge on any atom is -0.446 e. The topological polar surface area (TPSA) is 135 Å². The lowest BCUT2D eigenvalue weighted by molar-refractivity contribution is -0.124. The summed E-state index contributed by atoms with van der Waals surface area (Å²) in [5, 5.41) is 3.06. The van der Waals surface area contributed by atoms with E-state index in [0.717, 1.165) is 82.5 Å². The molecule has 0 radical (unpaired) electrons. The zero-order chi connectivity index (χ0) is 35.6. The van der Waals surface area contributed by atoms with E-state index in [9.17, 15) is 18.0 Å². The van der Waals surface area contributed by atoms with Crippen LogP contribution in [0.25, 0.3) is 0 Å². The molecule has 0 aromatic heterocycles. The van der Waals surface area contributed by atoms with Crippen molar-refractivity contribution in [3.63, 3.8) is 0 Å². The van der Waals surface area contributed by atoms with Crippen molar-refractivity contribution in [2.24, 2.45) is 23.5 Å². The Morgan fingerprint density at radius 1 is 0.941 bits per heavy atom. The summed E-state index contributed by atoms with van der Waals surface area (Å²) in [5.41, 5.74) is 6.81. The minimum absolute atomic E-state index is 0.0748. The molecule has 278 valence electrons. The van der Waals surface area contributed by atoms with E-state index in [1.807, 2.05) is 18.2 Å². The van der Waals surface area contributed by atoms with Crippen LogP contribution in [-0.2, 0) is 29.5 Å². The fraction of sp³-hybridized carbons (Fsp3) is 0.632. The Morgan fingerprint density at radius 3 is 2.33 bits per heavy atom. The van der Waals surface area contributed by atoms with E-state index in [4.69, 9.17) is 15.2 Å². The molecule has 2 saturated carbocycles. The second-order valence-electron chi connectivity index (χ2n) is 15.3. The van der Waals surface area contributed by atoms with E-state index >= 15 is 4.39 Å². The van der Waals surface area contributed by atoms with Gasteiger partial charge in [-0.2, -0.15) is 0 Å². The molecule has 0 bridgehead atoms. The van der Waals surface area contributed by atoms with Gasteiger partial charge in [-0.3, -0.25) is 9.69 Å². The van der Waals surface area contributed by atoms with Gasteiger partial charge in [0.1, 0.15) is 11.9 Å². The summed E-state index contributed by atoms with van der Waals surface area (Å²) in [5.74, 6) is 0.0943. The van der Waals surface area contributed by atoms with Gasteiger partial charge in [-0.1, -0.05) is 12.1 Å². The number of likely N-dealkylation sites (tertiary alicyclic amines) is 1. The molecule has 3 aliphatic heterocycles. The highest BCUT2D eigenvalue weighted by Gasteiger charge is 2.53. The van der Waals surface area contributed by atoms with Crippen molar-refractivity contribution in [2.75, 3.05) is 77.0 Å². The molecule has 0 spiro atoms. The maximum Gasteiger partial charge on any atom is 0.404 e. The van der Waals surface area contributed by atoms with Crippen LogP contribution in [0.3, 0.4) is 0 Å². The number of hydrogen-bond donors (Lipinski definition) is 2. The predicted octanol–water partition coefficient (Wildman–Crippen LogP) is 3.56. The Kier molecular flexibility index (Phi) is 10.9. The van der Waals surface area contributed by atoms with Crippen molar-refractivity contribution in [3.8, 4) is 0 Å². The molecular weight excluding hydrogens is 674 g/mol. The molecule has 7 rings (SSSR count). The molecule has 3 heterocycles. The van der Waals surface area contributed by atoms with Gasteiger partial charge in [-0.25, -0.2) is 17.6 Å². The molecule has 5 aliphatic rings. The van der Waals surface area contributed by atoms with Crippen molar-refractivity contribution < 1.29 is 31.9 Å². The molecule has 2 aromatic carbocycles. The quantitative estimate of drug-likeness (QED) is 0.318. The highest BCUT2D eigenvalue weighted by Crippen LogP contribution is 2.51. The third-order valence-corrected chi connectivity index (χ3v) is 14.4. The number of hydrogen-bond acceptors (Lipinski definition) is 9. The van der Waals surface area contributed by atoms with E-state index < -0.39 is 27.4 Å². The number of primary amides is 1. The first-order valence-electron chi connectivity index (χ1n) is 18.7. The van der Waals surface area contributed by atoms with Crippen molar-refractivity contribution >= 4 is 27.5 Å². The number of nitrogens with zero attached hydrogens (tertiary/aromatic N) is 3. The van der Waals surface area contributed by atoms with Crippen molar-refractivity contribution in [1.29, 1.82) is 0 Å². The van der Waals surface area contributed by atoms with Crippen LogP contribution in [0.5, 0.6) is 0 Å². The summed E-state index contributed by atoms with van der Waals surface area (Å²) in [7, 11) is -3.19. The Bertz CT molecular complexity index is 1640. The smallest absolute Gasteiger partial charge is 0.404 e. The van der Waals surface area contributed by atoms with Crippen LogP contribution in [-0.4, -0.2) is 114 Å². The first-order valence-corrected chi connectivity index (χ1v) is 20.3.